The SMILES string of the molecule is Nc1ccccc1N1CCC1. The summed E-state index contributed by atoms with van der Waals surface area (Å²) in [7, 11) is 0. The fourth-order valence-electron chi connectivity index (χ4n) is 1.33. The summed E-state index contributed by atoms with van der Waals surface area (Å²) in [5.41, 5.74) is 7.88. The number of nitrogens with zero attached hydrogens (tertiary/aromatic N) is 1. The summed E-state index contributed by atoms with van der Waals surface area (Å²) < 4.78 is 0. The predicted molar refractivity (Wildman–Crippen MR) is 47.7 cm³/mol. The van der Waals surface area contributed by atoms with Gasteiger partial charge >= 0.3 is 0 Å². The Morgan fingerprint density at radius 2 is 1.91 bits per heavy atom. The maximum absolute atomic E-state index is 5.79. The second-order valence-electron chi connectivity index (χ2n) is 2.90. The van der Waals surface area contributed by atoms with Crippen LogP contribution < -0.4 is 10.6 Å². The molecule has 1 aromatic carbocycles. The highest BCUT2D eigenvalue weighted by Crippen LogP contribution is 2.26. The minimum absolute atomic E-state index is 0.896. The second-order valence-corrected chi connectivity index (χ2v) is 2.90. The fourth-order valence-corrected chi connectivity index (χ4v) is 1.33. The zero-order valence-electron chi connectivity index (χ0n) is 6.46. The van der Waals surface area contributed by atoms with Crippen molar-refractivity contribution in [1.29, 1.82) is 0 Å². The van der Waals surface area contributed by atoms with Crippen LogP contribution in [0.3, 0.4) is 0 Å². The number of rotatable bonds is 1. The van der Waals surface area contributed by atoms with E-state index in [1.165, 1.54) is 12.1 Å². The lowest BCUT2D eigenvalue weighted by molar-refractivity contribution is 0.618. The quantitative estimate of drug-likeness (QED) is 0.611. The first kappa shape index (κ1) is 6.53. The van der Waals surface area contributed by atoms with Gasteiger partial charge in [0.25, 0.3) is 0 Å². The van der Waals surface area contributed by atoms with Crippen LogP contribution in [-0.4, -0.2) is 13.1 Å². The summed E-state index contributed by atoms with van der Waals surface area (Å²) in [5, 5.41) is 0. The number of hydrogen-bond acceptors (Lipinski definition) is 2. The van der Waals surface area contributed by atoms with Crippen LogP contribution in [0.2, 0.25) is 0 Å². The van der Waals surface area contributed by atoms with Crippen molar-refractivity contribution in [2.75, 3.05) is 23.7 Å². The monoisotopic (exact) mass is 148 g/mol. The Kier molecular flexibility index (Phi) is 1.46. The molecule has 1 aliphatic rings. The number of anilines is 2. The van der Waals surface area contributed by atoms with Crippen molar-refractivity contribution in [3.8, 4) is 0 Å². The molecule has 58 valence electrons. The molecule has 2 heteroatoms. The summed E-state index contributed by atoms with van der Waals surface area (Å²) in [6.45, 7) is 2.32. The van der Waals surface area contributed by atoms with E-state index < -0.39 is 0 Å². The number of nitrogens with two attached hydrogens (primary N) is 1. The Morgan fingerprint density at radius 3 is 2.45 bits per heavy atom. The van der Waals surface area contributed by atoms with E-state index >= 15 is 0 Å². The van der Waals surface area contributed by atoms with Gasteiger partial charge in [-0.15, -0.1) is 0 Å². The summed E-state index contributed by atoms with van der Waals surface area (Å²) in [5.74, 6) is 0. The first-order valence-corrected chi connectivity index (χ1v) is 3.97. The lowest BCUT2D eigenvalue weighted by Gasteiger charge is -2.33. The third-order valence-corrected chi connectivity index (χ3v) is 2.13. The van der Waals surface area contributed by atoms with Crippen LogP contribution in [0.1, 0.15) is 6.42 Å². The molecule has 0 aromatic heterocycles. The summed E-state index contributed by atoms with van der Waals surface area (Å²) in [6.07, 6.45) is 1.30. The van der Waals surface area contributed by atoms with E-state index in [0.29, 0.717) is 0 Å². The molecule has 2 N–H and O–H groups in total. The predicted octanol–water partition coefficient (Wildman–Crippen LogP) is 1.48. The zero-order valence-corrected chi connectivity index (χ0v) is 6.46. The molecule has 1 aromatic rings. The van der Waals surface area contributed by atoms with Gasteiger partial charge in [0.15, 0.2) is 0 Å². The second kappa shape index (κ2) is 2.46. The van der Waals surface area contributed by atoms with E-state index in [0.717, 1.165) is 18.8 Å². The molecule has 1 saturated heterocycles. The third kappa shape index (κ3) is 1.04. The van der Waals surface area contributed by atoms with Crippen LogP contribution in [0.5, 0.6) is 0 Å². The normalized spacial score (nSPS) is 16.2. The van der Waals surface area contributed by atoms with E-state index in [1.54, 1.807) is 0 Å². The topological polar surface area (TPSA) is 29.3 Å². The van der Waals surface area contributed by atoms with Gasteiger partial charge in [0.1, 0.15) is 0 Å². The van der Waals surface area contributed by atoms with Crippen LogP contribution in [0.4, 0.5) is 11.4 Å². The van der Waals surface area contributed by atoms with Crippen LogP contribution in [0, 0.1) is 0 Å². The highest BCUT2D eigenvalue weighted by atomic mass is 15.2. The first-order valence-electron chi connectivity index (χ1n) is 3.97. The fraction of sp³-hybridized carbons (Fsp3) is 0.333. The Morgan fingerprint density at radius 1 is 1.18 bits per heavy atom. The molecule has 0 amide bonds. The van der Waals surface area contributed by atoms with E-state index in [1.807, 2.05) is 18.2 Å². The molecule has 0 radical (unpaired) electrons. The van der Waals surface area contributed by atoms with E-state index in [9.17, 15) is 0 Å². The molecular weight excluding hydrogens is 136 g/mol. The van der Waals surface area contributed by atoms with Gasteiger partial charge in [-0.2, -0.15) is 0 Å². The molecule has 1 heterocycles. The lowest BCUT2D eigenvalue weighted by atomic mass is 10.1. The lowest BCUT2D eigenvalue weighted by Crippen LogP contribution is -2.37. The van der Waals surface area contributed by atoms with Crippen molar-refractivity contribution in [2.45, 2.75) is 6.42 Å². The van der Waals surface area contributed by atoms with Crippen molar-refractivity contribution in [3.63, 3.8) is 0 Å². The molecule has 0 spiro atoms. The van der Waals surface area contributed by atoms with Gasteiger partial charge in [-0.05, 0) is 18.6 Å². The Hall–Kier alpha value is -1.18. The van der Waals surface area contributed by atoms with E-state index in [-0.39, 0.29) is 0 Å². The zero-order chi connectivity index (χ0) is 7.68. The third-order valence-electron chi connectivity index (χ3n) is 2.13. The number of hydrogen-bond donors (Lipinski definition) is 1. The van der Waals surface area contributed by atoms with E-state index in [4.69, 9.17) is 5.73 Å². The number of para-hydroxylation sites is 2. The van der Waals surface area contributed by atoms with E-state index in [2.05, 4.69) is 11.0 Å². The Bertz CT molecular complexity index is 253. The average molecular weight is 148 g/mol. The van der Waals surface area contributed by atoms with Gasteiger partial charge in [-0.25, -0.2) is 0 Å². The standard InChI is InChI=1S/C9H12N2/c10-8-4-1-2-5-9(8)11-6-3-7-11/h1-2,4-5H,3,6-7,10H2. The van der Waals surface area contributed by atoms with Crippen LogP contribution in [0.15, 0.2) is 24.3 Å². The van der Waals surface area contributed by atoms with Crippen molar-refractivity contribution >= 4 is 11.4 Å². The maximum Gasteiger partial charge on any atom is 0.0599 e. The molecule has 0 saturated carbocycles. The Labute approximate surface area is 66.6 Å². The van der Waals surface area contributed by atoms with Gasteiger partial charge in [0.05, 0.1) is 11.4 Å². The van der Waals surface area contributed by atoms with Gasteiger partial charge < -0.3 is 10.6 Å². The molecule has 1 aliphatic heterocycles. The number of benzene rings is 1. The van der Waals surface area contributed by atoms with Crippen LogP contribution >= 0.6 is 0 Å². The molecule has 0 unspecified atom stereocenters. The maximum atomic E-state index is 5.79. The molecule has 11 heavy (non-hydrogen) atoms. The smallest absolute Gasteiger partial charge is 0.0599 e. The van der Waals surface area contributed by atoms with Crippen molar-refractivity contribution in [2.24, 2.45) is 0 Å². The molecule has 0 aliphatic carbocycles. The molecule has 0 bridgehead atoms. The van der Waals surface area contributed by atoms with Crippen molar-refractivity contribution < 1.29 is 0 Å². The van der Waals surface area contributed by atoms with Gasteiger partial charge in [0, 0.05) is 13.1 Å². The minimum Gasteiger partial charge on any atom is -0.397 e. The molecular formula is C9H12N2. The summed E-state index contributed by atoms with van der Waals surface area (Å²) in [4.78, 5) is 2.30. The highest BCUT2D eigenvalue weighted by Gasteiger charge is 2.15. The highest BCUT2D eigenvalue weighted by molar-refractivity contribution is 5.68. The molecule has 0 atom stereocenters. The largest absolute Gasteiger partial charge is 0.397 e. The molecule has 2 nitrogen and oxygen atoms in total. The average Bonchev–Trinajstić information content (AvgIpc) is 1.90. The first-order chi connectivity index (χ1) is 5.38. The van der Waals surface area contributed by atoms with Crippen molar-refractivity contribution in [1.82, 2.24) is 0 Å². The van der Waals surface area contributed by atoms with Crippen molar-refractivity contribution in [3.05, 3.63) is 24.3 Å². The summed E-state index contributed by atoms with van der Waals surface area (Å²) >= 11 is 0. The number of nitrogen functional groups attached to an aromatic ring is 1. The summed E-state index contributed by atoms with van der Waals surface area (Å²) in [6, 6.07) is 8.03. The minimum atomic E-state index is 0.896. The van der Waals surface area contributed by atoms with Crippen LogP contribution in [0.25, 0.3) is 0 Å². The molecule has 2 rings (SSSR count). The van der Waals surface area contributed by atoms with Crippen LogP contribution in [-0.2, 0) is 0 Å². The van der Waals surface area contributed by atoms with Gasteiger partial charge in [0.2, 0.25) is 0 Å². The van der Waals surface area contributed by atoms with Gasteiger partial charge in [-0.3, -0.25) is 0 Å². The van der Waals surface area contributed by atoms with Gasteiger partial charge in [-0.1, -0.05) is 12.1 Å². The molecule has 1 fully saturated rings. The Balaban J connectivity index is 2.28.